The van der Waals surface area contributed by atoms with Gasteiger partial charge in [-0.2, -0.15) is 9.59 Å². The number of ketones is 2. The lowest BCUT2D eigenvalue weighted by molar-refractivity contribution is -0.191. The Bertz CT molecular complexity index is 147. The van der Waals surface area contributed by atoms with E-state index in [1.165, 1.54) is 27.7 Å². The molecule has 0 radical (unpaired) electrons. The Balaban J connectivity index is -0.0000000289. The van der Waals surface area contributed by atoms with Gasteiger partial charge in [0.25, 0.3) is 0 Å². The second-order valence-corrected chi connectivity index (χ2v) is 1.90. The molecule has 6 nitrogen and oxygen atoms in total. The predicted molar refractivity (Wildman–Crippen MR) is 52.0 cm³/mol. The molecule has 0 saturated carbocycles. The van der Waals surface area contributed by atoms with E-state index in [0.717, 1.165) is 0 Å². The molecule has 0 spiro atoms. The van der Waals surface area contributed by atoms with Gasteiger partial charge in [-0.15, -0.1) is 0 Å². The molecule has 0 saturated heterocycles. The van der Waals surface area contributed by atoms with Gasteiger partial charge in [-0.25, -0.2) is 0 Å². The van der Waals surface area contributed by atoms with Crippen LogP contribution in [0.25, 0.3) is 0 Å². The third-order valence-corrected chi connectivity index (χ3v) is 0. The van der Waals surface area contributed by atoms with Crippen LogP contribution in [0, 0.1) is 0 Å². The van der Waals surface area contributed by atoms with Crippen molar-refractivity contribution in [2.24, 2.45) is 0 Å². The van der Waals surface area contributed by atoms with E-state index in [0.29, 0.717) is 0 Å². The predicted octanol–water partition coefficient (Wildman–Crippen LogP) is 0.237. The van der Waals surface area contributed by atoms with Gasteiger partial charge in [0.15, 0.2) is 0 Å². The van der Waals surface area contributed by atoms with Crippen LogP contribution in [0.15, 0.2) is 0 Å². The molecule has 0 bridgehead atoms. The Morgan fingerprint density at radius 1 is 0.733 bits per heavy atom. The van der Waals surface area contributed by atoms with E-state index in [9.17, 15) is 9.59 Å². The van der Waals surface area contributed by atoms with Crippen LogP contribution in [-0.4, -0.2) is 31.3 Å². The van der Waals surface area contributed by atoms with E-state index in [4.69, 9.17) is 19.2 Å². The summed E-state index contributed by atoms with van der Waals surface area (Å²) in [5.74, 6) is 0.333. The SMILES string of the molecule is C=O.C=O.CC(C)=O.CC(C)=O.O=C=O. The Hall–Kier alpha value is -1.94. The van der Waals surface area contributed by atoms with E-state index in [1.807, 2.05) is 13.6 Å². The van der Waals surface area contributed by atoms with E-state index in [-0.39, 0.29) is 17.7 Å². The fourth-order valence-electron chi connectivity index (χ4n) is 0. The lowest BCUT2D eigenvalue weighted by Gasteiger charge is -1.56. The number of hydrogen-bond donors (Lipinski definition) is 0. The van der Waals surface area contributed by atoms with Crippen LogP contribution in [0.1, 0.15) is 27.7 Å². The van der Waals surface area contributed by atoms with Crippen molar-refractivity contribution in [3.8, 4) is 0 Å². The van der Waals surface area contributed by atoms with Gasteiger partial charge in [0, 0.05) is 0 Å². The molecule has 15 heavy (non-hydrogen) atoms. The zero-order valence-electron chi connectivity index (χ0n) is 9.36. The monoisotopic (exact) mass is 220 g/mol. The van der Waals surface area contributed by atoms with Crippen LogP contribution in [-0.2, 0) is 28.8 Å². The standard InChI is InChI=1S/2C3H6O.CO2.2CH2O/c2*1-3(2)4;2-1-3;2*1-2/h2*1-2H3;;2*1H2. The normalized spacial score (nSPS) is 4.53. The lowest BCUT2D eigenvalue weighted by atomic mass is 10.6. The molecule has 88 valence electrons. The molecule has 6 heteroatoms. The summed E-state index contributed by atoms with van der Waals surface area (Å²) < 4.78 is 0. The van der Waals surface area contributed by atoms with Gasteiger partial charge in [0.1, 0.15) is 25.1 Å². The van der Waals surface area contributed by atoms with Crippen molar-refractivity contribution in [2.45, 2.75) is 27.7 Å². The van der Waals surface area contributed by atoms with Crippen LogP contribution in [0.2, 0.25) is 0 Å². The Labute approximate surface area is 88.7 Å². The number of Topliss-reactive ketones (excluding diaryl/α,β-unsaturated/α-hetero) is 2. The molecule has 0 aliphatic carbocycles. The molecule has 0 aromatic rings. The minimum atomic E-state index is 0.167. The number of rotatable bonds is 0. The van der Waals surface area contributed by atoms with Crippen molar-refractivity contribution in [1.29, 1.82) is 0 Å². The van der Waals surface area contributed by atoms with E-state index >= 15 is 0 Å². The number of carbonyl (C=O) groups is 4. The first-order valence-corrected chi connectivity index (χ1v) is 3.39. The van der Waals surface area contributed by atoms with Crippen molar-refractivity contribution in [3.05, 3.63) is 0 Å². The highest BCUT2D eigenvalue weighted by Gasteiger charge is 1.62. The van der Waals surface area contributed by atoms with Crippen molar-refractivity contribution in [3.63, 3.8) is 0 Å². The van der Waals surface area contributed by atoms with Crippen LogP contribution < -0.4 is 0 Å². The average Bonchev–Trinajstić information content (AvgIpc) is 2.09. The van der Waals surface area contributed by atoms with Crippen molar-refractivity contribution >= 4 is 31.3 Å². The molecular weight excluding hydrogens is 204 g/mol. The summed E-state index contributed by atoms with van der Waals surface area (Å²) in [4.78, 5) is 51.1. The van der Waals surface area contributed by atoms with E-state index in [2.05, 4.69) is 0 Å². The summed E-state index contributed by atoms with van der Waals surface area (Å²) in [6.45, 7) is 10.1. The summed E-state index contributed by atoms with van der Waals surface area (Å²) in [7, 11) is 0. The Morgan fingerprint density at radius 3 is 0.733 bits per heavy atom. The molecular formula is C9H16O6. The van der Waals surface area contributed by atoms with Crippen LogP contribution in [0.3, 0.4) is 0 Å². The average molecular weight is 220 g/mol. The molecule has 0 rings (SSSR count). The second-order valence-electron chi connectivity index (χ2n) is 1.90. The molecule has 0 aliphatic heterocycles. The fourth-order valence-corrected chi connectivity index (χ4v) is 0. The van der Waals surface area contributed by atoms with Crippen LogP contribution in [0.4, 0.5) is 0 Å². The maximum Gasteiger partial charge on any atom is 0.373 e. The van der Waals surface area contributed by atoms with Gasteiger partial charge >= 0.3 is 6.15 Å². The molecule has 0 atom stereocenters. The molecule has 0 aromatic carbocycles. The largest absolute Gasteiger partial charge is 0.373 e. The van der Waals surface area contributed by atoms with Gasteiger partial charge in [-0.3, -0.25) is 0 Å². The third kappa shape index (κ3) is 324. The molecule has 0 aromatic heterocycles. The molecule has 0 fully saturated rings. The molecule has 0 aliphatic rings. The molecule has 0 N–H and O–H groups in total. The lowest BCUT2D eigenvalue weighted by Crippen LogP contribution is -1.69. The van der Waals surface area contributed by atoms with Crippen molar-refractivity contribution < 1.29 is 28.8 Å². The first-order valence-electron chi connectivity index (χ1n) is 3.39. The summed E-state index contributed by atoms with van der Waals surface area (Å²) >= 11 is 0. The third-order valence-electron chi connectivity index (χ3n) is 0. The zero-order valence-corrected chi connectivity index (χ0v) is 9.36. The van der Waals surface area contributed by atoms with Gasteiger partial charge in [-0.05, 0) is 27.7 Å². The van der Waals surface area contributed by atoms with E-state index < -0.39 is 0 Å². The fraction of sp³-hybridized carbons (Fsp3) is 0.444. The first kappa shape index (κ1) is 29.2. The highest BCUT2D eigenvalue weighted by Crippen LogP contribution is 1.50. The minimum absolute atomic E-state index is 0.167. The maximum absolute atomic E-state index is 9.44. The Kier molecular flexibility index (Phi) is 112. The molecule has 0 unspecified atom stereocenters. The first-order chi connectivity index (χ1) is 6.88. The van der Waals surface area contributed by atoms with Gasteiger partial charge < -0.3 is 19.2 Å². The maximum atomic E-state index is 9.44. The van der Waals surface area contributed by atoms with Crippen LogP contribution in [0.5, 0.6) is 0 Å². The van der Waals surface area contributed by atoms with Crippen molar-refractivity contribution in [1.82, 2.24) is 0 Å². The van der Waals surface area contributed by atoms with Gasteiger partial charge in [-0.1, -0.05) is 0 Å². The van der Waals surface area contributed by atoms with Gasteiger partial charge in [0.05, 0.1) is 0 Å². The number of carbonyl (C=O) groups excluding carboxylic acids is 6. The minimum Gasteiger partial charge on any atom is -0.307 e. The summed E-state index contributed by atoms with van der Waals surface area (Å²) in [6, 6.07) is 0. The summed E-state index contributed by atoms with van der Waals surface area (Å²) in [6.07, 6.45) is 0.250. The smallest absolute Gasteiger partial charge is 0.307 e. The summed E-state index contributed by atoms with van der Waals surface area (Å²) in [5, 5.41) is 0. The van der Waals surface area contributed by atoms with Gasteiger partial charge in [0.2, 0.25) is 0 Å². The van der Waals surface area contributed by atoms with Crippen molar-refractivity contribution in [2.75, 3.05) is 0 Å². The van der Waals surface area contributed by atoms with E-state index in [1.54, 1.807) is 0 Å². The molecule has 0 heterocycles. The Morgan fingerprint density at radius 2 is 0.733 bits per heavy atom. The quantitative estimate of drug-likeness (QED) is 0.579. The highest BCUT2D eigenvalue weighted by atomic mass is 16.2. The zero-order chi connectivity index (χ0) is 13.9. The topological polar surface area (TPSA) is 102 Å². The van der Waals surface area contributed by atoms with Crippen LogP contribution >= 0.6 is 0 Å². The summed E-state index contributed by atoms with van der Waals surface area (Å²) in [5.41, 5.74) is 0. The second kappa shape index (κ2) is 57.6. The number of hydrogen-bond acceptors (Lipinski definition) is 6. The highest BCUT2D eigenvalue weighted by molar-refractivity contribution is 5.72. The molecule has 0 amide bonds.